The quantitative estimate of drug-likeness (QED) is 0.175. The molecule has 1 saturated heterocycles. The number of methoxy groups -OCH3 is 1. The zero-order chi connectivity index (χ0) is 33.3. The molecular formula is C36H40O9S. The first-order valence-corrected chi connectivity index (χ1v) is 16.6. The van der Waals surface area contributed by atoms with E-state index in [2.05, 4.69) is 13.2 Å². The molecule has 1 aliphatic rings. The molecule has 1 heterocycles. The van der Waals surface area contributed by atoms with Crippen molar-refractivity contribution in [3.8, 4) is 0 Å². The number of aliphatic hydroxyl groups is 1. The second-order valence-electron chi connectivity index (χ2n) is 11.3. The molecule has 1 aliphatic heterocycles. The van der Waals surface area contributed by atoms with E-state index >= 15 is 0 Å². The Hall–Kier alpha value is -4.09. The van der Waals surface area contributed by atoms with Crippen LogP contribution in [-0.4, -0.2) is 75.5 Å². The van der Waals surface area contributed by atoms with Crippen LogP contribution in [0.25, 0.3) is 0 Å². The number of carbonyl (C=O) groups is 2. The highest BCUT2D eigenvalue weighted by Crippen LogP contribution is 2.37. The molecule has 4 rings (SSSR count). The summed E-state index contributed by atoms with van der Waals surface area (Å²) in [5.41, 5.74) is 1.64. The fourth-order valence-electron chi connectivity index (χ4n) is 5.49. The zero-order valence-electron chi connectivity index (χ0n) is 26.0. The number of rotatable bonds is 15. The van der Waals surface area contributed by atoms with E-state index in [9.17, 15) is 23.1 Å². The normalized spacial score (nSPS) is 20.8. The summed E-state index contributed by atoms with van der Waals surface area (Å²) in [5, 5.41) is 10.9. The SMILES string of the molecule is C=C(C)C(=C)[C@H](O)C[C@@H]1OC(C[C@@H](COC(=O)c2ccccc2)OC(=O)c2ccccc2)[C@H](OC)C1CS(=O)(=O)c1ccccc1. The first-order chi connectivity index (χ1) is 22.0. The number of benzene rings is 3. The molecule has 0 aromatic heterocycles. The van der Waals surface area contributed by atoms with Gasteiger partial charge in [0.1, 0.15) is 12.7 Å². The Morgan fingerprint density at radius 3 is 1.93 bits per heavy atom. The van der Waals surface area contributed by atoms with Crippen molar-refractivity contribution in [2.75, 3.05) is 19.5 Å². The Kier molecular flexibility index (Phi) is 12.1. The molecule has 0 amide bonds. The average molecular weight is 649 g/mol. The molecule has 46 heavy (non-hydrogen) atoms. The summed E-state index contributed by atoms with van der Waals surface area (Å²) in [4.78, 5) is 26.0. The first-order valence-electron chi connectivity index (χ1n) is 15.0. The van der Waals surface area contributed by atoms with Gasteiger partial charge in [0.15, 0.2) is 9.84 Å². The lowest BCUT2D eigenvalue weighted by Gasteiger charge is -2.26. The van der Waals surface area contributed by atoms with Crippen molar-refractivity contribution in [2.24, 2.45) is 5.92 Å². The lowest BCUT2D eigenvalue weighted by atomic mass is 9.90. The van der Waals surface area contributed by atoms with E-state index in [-0.39, 0.29) is 30.1 Å². The molecule has 3 aromatic carbocycles. The van der Waals surface area contributed by atoms with Gasteiger partial charge in [-0.3, -0.25) is 0 Å². The Bertz CT molecular complexity index is 1590. The van der Waals surface area contributed by atoms with E-state index < -0.39 is 58.2 Å². The summed E-state index contributed by atoms with van der Waals surface area (Å²) < 4.78 is 50.7. The molecule has 0 radical (unpaired) electrons. The maximum Gasteiger partial charge on any atom is 0.338 e. The van der Waals surface area contributed by atoms with E-state index in [1.807, 2.05) is 0 Å². The minimum absolute atomic E-state index is 0.0229. The number of hydrogen-bond donors (Lipinski definition) is 1. The summed E-state index contributed by atoms with van der Waals surface area (Å²) in [7, 11) is -2.33. The number of sulfone groups is 1. The van der Waals surface area contributed by atoms with Crippen LogP contribution in [0, 0.1) is 5.92 Å². The van der Waals surface area contributed by atoms with Gasteiger partial charge in [0.2, 0.25) is 0 Å². The summed E-state index contributed by atoms with van der Waals surface area (Å²) in [6.45, 7) is 9.21. The van der Waals surface area contributed by atoms with Gasteiger partial charge in [0.05, 0.1) is 46.2 Å². The zero-order valence-corrected chi connectivity index (χ0v) is 26.8. The maximum atomic E-state index is 13.5. The van der Waals surface area contributed by atoms with Gasteiger partial charge in [-0.2, -0.15) is 0 Å². The van der Waals surface area contributed by atoms with Crippen LogP contribution >= 0.6 is 0 Å². The standard InChI is InChI=1S/C36H40O9S/c1-24(2)25(3)31(37)21-32-30(23-46(40,41)29-18-12-7-13-19-29)34(42-4)33(45-32)20-28(44-36(39)27-16-10-6-11-17-27)22-43-35(38)26-14-8-5-9-15-26/h5-19,28,30-34,37H,1,3,20-23H2,2,4H3/t28-,30?,31+,32-,33?,34+/m0/s1. The number of hydrogen-bond acceptors (Lipinski definition) is 9. The second kappa shape index (κ2) is 16.0. The molecule has 3 aromatic rings. The summed E-state index contributed by atoms with van der Waals surface area (Å²) >= 11 is 0. The molecule has 0 spiro atoms. The highest BCUT2D eigenvalue weighted by atomic mass is 32.2. The van der Waals surface area contributed by atoms with E-state index in [1.54, 1.807) is 85.8 Å². The van der Waals surface area contributed by atoms with Gasteiger partial charge >= 0.3 is 11.9 Å². The minimum atomic E-state index is -3.79. The highest BCUT2D eigenvalue weighted by Gasteiger charge is 2.48. The van der Waals surface area contributed by atoms with Crippen molar-refractivity contribution in [3.63, 3.8) is 0 Å². The van der Waals surface area contributed by atoms with Gasteiger partial charge in [0.25, 0.3) is 0 Å². The molecule has 9 nitrogen and oxygen atoms in total. The number of aliphatic hydroxyl groups excluding tert-OH is 1. The van der Waals surface area contributed by atoms with Gasteiger partial charge in [-0.1, -0.05) is 73.3 Å². The largest absolute Gasteiger partial charge is 0.458 e. The van der Waals surface area contributed by atoms with Crippen LogP contribution < -0.4 is 0 Å². The highest BCUT2D eigenvalue weighted by molar-refractivity contribution is 7.91. The van der Waals surface area contributed by atoms with Crippen LogP contribution in [0.5, 0.6) is 0 Å². The van der Waals surface area contributed by atoms with E-state index in [1.165, 1.54) is 19.2 Å². The smallest absolute Gasteiger partial charge is 0.338 e. The van der Waals surface area contributed by atoms with Crippen molar-refractivity contribution in [1.29, 1.82) is 0 Å². The van der Waals surface area contributed by atoms with Crippen molar-refractivity contribution in [3.05, 3.63) is 126 Å². The van der Waals surface area contributed by atoms with Crippen LogP contribution in [0.4, 0.5) is 0 Å². The number of esters is 2. The number of carbonyl (C=O) groups excluding carboxylic acids is 2. The molecule has 1 fully saturated rings. The van der Waals surface area contributed by atoms with Gasteiger partial charge < -0.3 is 24.1 Å². The van der Waals surface area contributed by atoms with Crippen molar-refractivity contribution < 1.29 is 42.1 Å². The maximum absolute atomic E-state index is 13.5. The second-order valence-corrected chi connectivity index (χ2v) is 13.4. The molecule has 0 saturated carbocycles. The van der Waals surface area contributed by atoms with Crippen molar-refractivity contribution in [2.45, 2.75) is 55.2 Å². The molecule has 2 unspecified atom stereocenters. The van der Waals surface area contributed by atoms with Gasteiger partial charge in [-0.05, 0) is 48.9 Å². The van der Waals surface area contributed by atoms with E-state index in [4.69, 9.17) is 18.9 Å². The van der Waals surface area contributed by atoms with Gasteiger partial charge in [-0.25, -0.2) is 18.0 Å². The predicted molar refractivity (Wildman–Crippen MR) is 173 cm³/mol. The molecule has 0 bridgehead atoms. The Labute approximate surface area is 270 Å². The lowest BCUT2D eigenvalue weighted by molar-refractivity contribution is -0.0560. The summed E-state index contributed by atoms with van der Waals surface area (Å²) in [5.74, 6) is -2.24. The van der Waals surface area contributed by atoms with Crippen LogP contribution in [-0.2, 0) is 28.8 Å². The van der Waals surface area contributed by atoms with Gasteiger partial charge in [0, 0.05) is 25.9 Å². The lowest BCUT2D eigenvalue weighted by Crippen LogP contribution is -2.38. The molecular weight excluding hydrogens is 608 g/mol. The van der Waals surface area contributed by atoms with Crippen molar-refractivity contribution >= 4 is 21.8 Å². The van der Waals surface area contributed by atoms with Crippen LogP contribution in [0.15, 0.2) is 120 Å². The fourth-order valence-corrected chi connectivity index (χ4v) is 7.17. The third-order valence-corrected chi connectivity index (χ3v) is 9.81. The minimum Gasteiger partial charge on any atom is -0.458 e. The van der Waals surface area contributed by atoms with Crippen LogP contribution in [0.2, 0.25) is 0 Å². The average Bonchev–Trinajstić information content (AvgIpc) is 3.37. The molecule has 0 aliphatic carbocycles. The number of ether oxygens (including phenoxy) is 4. The summed E-state index contributed by atoms with van der Waals surface area (Å²) in [6, 6.07) is 24.9. The monoisotopic (exact) mass is 648 g/mol. The predicted octanol–water partition coefficient (Wildman–Crippen LogP) is 5.21. The molecule has 10 heteroatoms. The molecule has 1 N–H and O–H groups in total. The first kappa shape index (κ1) is 34.8. The van der Waals surface area contributed by atoms with Crippen molar-refractivity contribution in [1.82, 2.24) is 0 Å². The van der Waals surface area contributed by atoms with Crippen LogP contribution in [0.1, 0.15) is 40.5 Å². The Balaban J connectivity index is 1.60. The van der Waals surface area contributed by atoms with E-state index in [0.717, 1.165) is 0 Å². The molecule has 244 valence electrons. The summed E-state index contributed by atoms with van der Waals surface area (Å²) in [6.07, 6.45) is -4.26. The topological polar surface area (TPSA) is 125 Å². The fraction of sp³-hybridized carbons (Fsp3) is 0.333. The Morgan fingerprint density at radius 2 is 1.39 bits per heavy atom. The Morgan fingerprint density at radius 1 is 0.848 bits per heavy atom. The van der Waals surface area contributed by atoms with Crippen LogP contribution in [0.3, 0.4) is 0 Å². The third kappa shape index (κ3) is 9.01. The molecule has 6 atom stereocenters. The third-order valence-electron chi connectivity index (χ3n) is 8.00. The van der Waals surface area contributed by atoms with E-state index in [0.29, 0.717) is 22.3 Å². The van der Waals surface area contributed by atoms with Gasteiger partial charge in [-0.15, -0.1) is 0 Å².